The molecule has 0 saturated carbocycles. The fourth-order valence-corrected chi connectivity index (χ4v) is 9.24. The molecule has 0 aliphatic rings. The van der Waals surface area contributed by atoms with Gasteiger partial charge in [-0.3, -0.25) is 14.2 Å². The first-order valence-corrected chi connectivity index (χ1v) is 30.8. The minimum atomic E-state index is -4.69. The topological polar surface area (TPSA) is 114 Å². The molecule has 0 fully saturated rings. The quantitative estimate of drug-likeness (QED) is 0.0161. The number of phosphoric ester groups is 1. The number of carbonyl (C=O) groups excluding carboxylic acids is 2. The van der Waals surface area contributed by atoms with Crippen LogP contribution in [0.2, 0.25) is 0 Å². The van der Waals surface area contributed by atoms with Crippen molar-refractivity contribution >= 4 is 19.7 Å². The van der Waals surface area contributed by atoms with Crippen LogP contribution in [0.15, 0.2) is 36.5 Å². The summed E-state index contributed by atoms with van der Waals surface area (Å²) in [5, 5.41) is 3.02. The second-order valence-corrected chi connectivity index (χ2v) is 22.6. The molecule has 406 valence electrons. The largest absolute Gasteiger partial charge is 0.756 e. The van der Waals surface area contributed by atoms with Crippen molar-refractivity contribution in [3.8, 4) is 0 Å². The number of ether oxygens (including phenoxy) is 1. The Morgan fingerprint density at radius 3 is 1.30 bits per heavy atom. The van der Waals surface area contributed by atoms with Crippen molar-refractivity contribution in [3.63, 3.8) is 0 Å². The van der Waals surface area contributed by atoms with E-state index in [1.807, 2.05) is 33.3 Å². The highest BCUT2D eigenvalue weighted by molar-refractivity contribution is 7.45. The van der Waals surface area contributed by atoms with Gasteiger partial charge in [-0.15, -0.1) is 0 Å². The van der Waals surface area contributed by atoms with Crippen LogP contribution >= 0.6 is 7.82 Å². The molecule has 0 spiro atoms. The molecule has 9 nitrogen and oxygen atoms in total. The number of carbonyl (C=O) groups is 2. The van der Waals surface area contributed by atoms with Gasteiger partial charge in [0, 0.05) is 12.8 Å². The van der Waals surface area contributed by atoms with Crippen molar-refractivity contribution < 1.29 is 37.3 Å². The number of nitrogens with zero attached hydrogens (tertiary/aromatic N) is 1. The summed E-state index contributed by atoms with van der Waals surface area (Å²) in [6.45, 7) is 6.82. The number of likely N-dealkylation sites (N-methyl/N-ethyl adjacent to an activating group) is 1. The van der Waals surface area contributed by atoms with Gasteiger partial charge in [-0.05, 0) is 57.4 Å². The van der Waals surface area contributed by atoms with Crippen LogP contribution in [0.3, 0.4) is 0 Å². The maximum atomic E-state index is 13.5. The average molecular weight is 994 g/mol. The minimum Gasteiger partial charge on any atom is -0.756 e. The molecule has 0 aromatic heterocycles. The smallest absolute Gasteiger partial charge is 0.306 e. The molecule has 0 heterocycles. The lowest BCUT2D eigenvalue weighted by Gasteiger charge is -2.30. The summed E-state index contributed by atoms with van der Waals surface area (Å²) in [4.78, 5) is 39.8. The van der Waals surface area contributed by atoms with E-state index in [0.717, 1.165) is 77.0 Å². The van der Waals surface area contributed by atoms with Crippen LogP contribution in [0.4, 0.5) is 0 Å². The summed E-state index contributed by atoms with van der Waals surface area (Å²) >= 11 is 0. The third-order valence-electron chi connectivity index (χ3n) is 13.1. The lowest BCUT2D eigenvalue weighted by molar-refractivity contribution is -0.870. The monoisotopic (exact) mass is 993 g/mol. The number of hydrogen-bond donors (Lipinski definition) is 1. The number of nitrogens with one attached hydrogen (secondary N) is 1. The van der Waals surface area contributed by atoms with Gasteiger partial charge in [0.15, 0.2) is 0 Å². The predicted octanol–water partition coefficient (Wildman–Crippen LogP) is 16.9. The average Bonchev–Trinajstić information content (AvgIpc) is 3.31. The van der Waals surface area contributed by atoms with Crippen LogP contribution in [-0.2, 0) is 27.9 Å². The molecule has 0 rings (SSSR count). The second-order valence-electron chi connectivity index (χ2n) is 21.2. The van der Waals surface area contributed by atoms with Gasteiger partial charge in [0.2, 0.25) is 5.91 Å². The van der Waals surface area contributed by atoms with Gasteiger partial charge in [0.1, 0.15) is 19.3 Å². The zero-order valence-electron chi connectivity index (χ0n) is 46.3. The van der Waals surface area contributed by atoms with Crippen LogP contribution in [0.1, 0.15) is 278 Å². The van der Waals surface area contributed by atoms with E-state index in [2.05, 4.69) is 50.4 Å². The maximum absolute atomic E-state index is 13.5. The van der Waals surface area contributed by atoms with E-state index in [9.17, 15) is 19.0 Å². The molecule has 0 saturated heterocycles. The zero-order valence-corrected chi connectivity index (χ0v) is 47.2. The van der Waals surface area contributed by atoms with E-state index in [-0.39, 0.29) is 31.5 Å². The molecule has 0 radical (unpaired) electrons. The normalized spacial score (nSPS) is 14.0. The SMILES string of the molecule is CCCCC/C=C/C=C/CCCCCCCCC(=O)OC(/C=C/CCCCCCCCCCC)C(COP(=O)([O-])OCC[N+](C)(C)C)NC(=O)CCCCCCCCCCCCCCCCCCC. The Morgan fingerprint density at radius 2 is 0.870 bits per heavy atom. The molecule has 0 aliphatic carbocycles. The van der Waals surface area contributed by atoms with E-state index < -0.39 is 20.0 Å². The highest BCUT2D eigenvalue weighted by Gasteiger charge is 2.27. The predicted molar refractivity (Wildman–Crippen MR) is 293 cm³/mol. The fraction of sp³-hybridized carbons (Fsp3) is 0.864. The molecule has 0 bridgehead atoms. The van der Waals surface area contributed by atoms with Crippen molar-refractivity contribution in [2.75, 3.05) is 40.9 Å². The molecule has 0 aromatic rings. The fourth-order valence-electron chi connectivity index (χ4n) is 8.51. The minimum absolute atomic E-state index is 0.0223. The second kappa shape index (κ2) is 49.8. The Kier molecular flexibility index (Phi) is 48.5. The number of allylic oxidation sites excluding steroid dienone is 5. The molecular weight excluding hydrogens is 880 g/mol. The van der Waals surface area contributed by atoms with Gasteiger partial charge < -0.3 is 28.5 Å². The first kappa shape index (κ1) is 67.2. The van der Waals surface area contributed by atoms with Crippen molar-refractivity contribution in [3.05, 3.63) is 36.5 Å². The Morgan fingerprint density at radius 1 is 0.507 bits per heavy atom. The summed E-state index contributed by atoms with van der Waals surface area (Å²) < 4.78 is 30.2. The Balaban J connectivity index is 5.28. The van der Waals surface area contributed by atoms with Gasteiger partial charge in [0.25, 0.3) is 7.82 Å². The molecule has 0 aliphatic heterocycles. The summed E-state index contributed by atoms with van der Waals surface area (Å²) in [6.07, 6.45) is 58.2. The summed E-state index contributed by atoms with van der Waals surface area (Å²) in [5.41, 5.74) is 0. The van der Waals surface area contributed by atoms with Gasteiger partial charge in [-0.2, -0.15) is 0 Å². The van der Waals surface area contributed by atoms with Crippen molar-refractivity contribution in [1.82, 2.24) is 5.32 Å². The van der Waals surface area contributed by atoms with E-state index in [0.29, 0.717) is 17.4 Å². The number of unbranched alkanes of at least 4 members (excludes halogenated alkanes) is 34. The van der Waals surface area contributed by atoms with Crippen LogP contribution in [0.5, 0.6) is 0 Å². The van der Waals surface area contributed by atoms with Crippen LogP contribution < -0.4 is 10.2 Å². The third kappa shape index (κ3) is 51.0. The van der Waals surface area contributed by atoms with Crippen LogP contribution in [0.25, 0.3) is 0 Å². The molecule has 69 heavy (non-hydrogen) atoms. The van der Waals surface area contributed by atoms with Gasteiger partial charge in [-0.25, -0.2) is 0 Å². The first-order chi connectivity index (χ1) is 33.4. The number of esters is 1. The molecular formula is C59H113N2O7P. The Labute approximate surface area is 427 Å². The highest BCUT2D eigenvalue weighted by Crippen LogP contribution is 2.38. The molecule has 1 amide bonds. The molecule has 1 N–H and O–H groups in total. The highest BCUT2D eigenvalue weighted by atomic mass is 31.2. The lowest BCUT2D eigenvalue weighted by Crippen LogP contribution is -2.47. The van der Waals surface area contributed by atoms with Crippen molar-refractivity contribution in [2.24, 2.45) is 0 Å². The number of hydrogen-bond acceptors (Lipinski definition) is 7. The van der Waals surface area contributed by atoms with Crippen molar-refractivity contribution in [2.45, 2.75) is 290 Å². The van der Waals surface area contributed by atoms with Crippen LogP contribution in [0, 0.1) is 0 Å². The zero-order chi connectivity index (χ0) is 50.8. The van der Waals surface area contributed by atoms with E-state index >= 15 is 0 Å². The van der Waals surface area contributed by atoms with Gasteiger partial charge >= 0.3 is 5.97 Å². The Hall–Kier alpha value is -1.77. The van der Waals surface area contributed by atoms with E-state index in [1.165, 1.54) is 167 Å². The third-order valence-corrected chi connectivity index (χ3v) is 14.1. The Bertz CT molecular complexity index is 1280. The number of rotatable bonds is 53. The molecule has 10 heteroatoms. The number of quaternary nitrogens is 1. The van der Waals surface area contributed by atoms with Crippen LogP contribution in [-0.4, -0.2) is 69.4 Å². The summed E-state index contributed by atoms with van der Waals surface area (Å²) in [6, 6.07) is -0.888. The maximum Gasteiger partial charge on any atom is 0.306 e. The van der Waals surface area contributed by atoms with Gasteiger partial charge in [-0.1, -0.05) is 244 Å². The molecule has 3 atom stereocenters. The van der Waals surface area contributed by atoms with E-state index in [1.54, 1.807) is 0 Å². The van der Waals surface area contributed by atoms with Gasteiger partial charge in [0.05, 0.1) is 33.8 Å². The molecule has 3 unspecified atom stereocenters. The molecule has 0 aromatic carbocycles. The standard InChI is InChI=1S/C59H113N2O7P/c1-7-10-13-16-19-22-25-27-29-30-32-33-36-39-42-45-48-51-58(62)60-56(55-67-69(64,65)66-54-53-61(4,5)6)57(50-47-44-41-38-35-24-21-18-15-12-9-3)68-59(63)52-49-46-43-40-37-34-31-28-26-23-20-17-14-11-8-2/h20,23,26,28,47,50,56-57H,7-19,21-22,24-25,27,29-46,48-49,51-55H2,1-6H3,(H-,60,62,64,65)/b23-20+,28-26+,50-47+. The summed E-state index contributed by atoms with van der Waals surface area (Å²) in [5.74, 6) is -0.545. The number of phosphoric acid groups is 1. The van der Waals surface area contributed by atoms with Crippen molar-refractivity contribution in [1.29, 1.82) is 0 Å². The first-order valence-electron chi connectivity index (χ1n) is 29.3. The van der Waals surface area contributed by atoms with E-state index in [4.69, 9.17) is 13.8 Å². The summed E-state index contributed by atoms with van der Waals surface area (Å²) in [7, 11) is 1.19. The number of amides is 1. The lowest BCUT2D eigenvalue weighted by atomic mass is 10.0.